The summed E-state index contributed by atoms with van der Waals surface area (Å²) >= 11 is 0. The summed E-state index contributed by atoms with van der Waals surface area (Å²) in [5.41, 5.74) is 3.58. The summed E-state index contributed by atoms with van der Waals surface area (Å²) < 4.78 is 7.92. The number of piperazine rings is 1. The number of ether oxygens (including phenoxy) is 1. The molecule has 0 spiro atoms. The molecule has 5 heteroatoms. The molecule has 0 amide bonds. The van der Waals surface area contributed by atoms with Crippen molar-refractivity contribution in [2.45, 2.75) is 27.3 Å². The van der Waals surface area contributed by atoms with Gasteiger partial charge in [0.25, 0.3) is 0 Å². The molecule has 126 valence electrons. The standard InChI is InChI=1S/C18H28N4O/c1-4-20-9-11-21(12-10-20)18-19-17-15(3)7-6-8-16(17)22(18)13-14-23-5-2/h6-8H,4-5,9-14H2,1-3H3. The van der Waals surface area contributed by atoms with E-state index in [-0.39, 0.29) is 0 Å². The summed E-state index contributed by atoms with van der Waals surface area (Å²) in [6, 6.07) is 6.43. The van der Waals surface area contributed by atoms with Gasteiger partial charge in [0.15, 0.2) is 0 Å². The number of benzene rings is 1. The molecule has 2 heterocycles. The van der Waals surface area contributed by atoms with Crippen LogP contribution in [0, 0.1) is 6.92 Å². The number of aromatic nitrogens is 2. The van der Waals surface area contributed by atoms with Crippen LogP contribution in [0.5, 0.6) is 0 Å². The minimum Gasteiger partial charge on any atom is -0.380 e. The van der Waals surface area contributed by atoms with Crippen LogP contribution < -0.4 is 4.90 Å². The number of fused-ring (bicyclic) bond motifs is 1. The number of likely N-dealkylation sites (N-methyl/N-ethyl adjacent to an activating group) is 1. The summed E-state index contributed by atoms with van der Waals surface area (Å²) in [6.07, 6.45) is 0. The molecular weight excluding hydrogens is 288 g/mol. The molecule has 1 fully saturated rings. The van der Waals surface area contributed by atoms with Crippen LogP contribution in [0.25, 0.3) is 11.0 Å². The number of anilines is 1. The lowest BCUT2D eigenvalue weighted by molar-refractivity contribution is 0.140. The highest BCUT2D eigenvalue weighted by Gasteiger charge is 2.22. The van der Waals surface area contributed by atoms with Crippen LogP contribution in [0.4, 0.5) is 5.95 Å². The Balaban J connectivity index is 1.91. The van der Waals surface area contributed by atoms with Gasteiger partial charge in [-0.25, -0.2) is 4.98 Å². The van der Waals surface area contributed by atoms with Crippen molar-refractivity contribution < 1.29 is 4.74 Å². The maximum absolute atomic E-state index is 5.59. The molecule has 0 aliphatic carbocycles. The van der Waals surface area contributed by atoms with Crippen molar-refractivity contribution in [3.8, 4) is 0 Å². The lowest BCUT2D eigenvalue weighted by Gasteiger charge is -2.34. The monoisotopic (exact) mass is 316 g/mol. The summed E-state index contributed by atoms with van der Waals surface area (Å²) in [7, 11) is 0. The molecule has 1 aliphatic heterocycles. The van der Waals surface area contributed by atoms with Crippen molar-refractivity contribution >= 4 is 17.0 Å². The van der Waals surface area contributed by atoms with Gasteiger partial charge < -0.3 is 19.1 Å². The molecule has 1 aromatic heterocycles. The molecule has 0 atom stereocenters. The second-order valence-corrected chi connectivity index (χ2v) is 6.12. The van der Waals surface area contributed by atoms with Gasteiger partial charge in [-0.05, 0) is 32.0 Å². The van der Waals surface area contributed by atoms with Crippen molar-refractivity contribution in [2.24, 2.45) is 0 Å². The first-order valence-electron chi connectivity index (χ1n) is 8.75. The predicted molar refractivity (Wildman–Crippen MR) is 95.3 cm³/mol. The second-order valence-electron chi connectivity index (χ2n) is 6.12. The molecule has 2 aromatic rings. The van der Waals surface area contributed by atoms with E-state index in [1.807, 2.05) is 6.92 Å². The number of imidazole rings is 1. The van der Waals surface area contributed by atoms with Gasteiger partial charge in [0.2, 0.25) is 5.95 Å². The van der Waals surface area contributed by atoms with Crippen LogP contribution >= 0.6 is 0 Å². The molecule has 0 N–H and O–H groups in total. The lowest BCUT2D eigenvalue weighted by Crippen LogP contribution is -2.47. The number of aryl methyl sites for hydroxylation is 1. The quantitative estimate of drug-likeness (QED) is 0.767. The third-order valence-electron chi connectivity index (χ3n) is 4.73. The van der Waals surface area contributed by atoms with Crippen LogP contribution in [0.15, 0.2) is 18.2 Å². The zero-order chi connectivity index (χ0) is 16.2. The van der Waals surface area contributed by atoms with Gasteiger partial charge in [0.05, 0.1) is 17.6 Å². The van der Waals surface area contributed by atoms with Crippen molar-refractivity contribution in [1.29, 1.82) is 0 Å². The van der Waals surface area contributed by atoms with E-state index in [4.69, 9.17) is 9.72 Å². The van der Waals surface area contributed by atoms with Gasteiger partial charge >= 0.3 is 0 Å². The number of hydrogen-bond acceptors (Lipinski definition) is 4. The fourth-order valence-electron chi connectivity index (χ4n) is 3.30. The molecule has 1 aliphatic rings. The van der Waals surface area contributed by atoms with Crippen LogP contribution in [-0.4, -0.2) is 60.4 Å². The van der Waals surface area contributed by atoms with E-state index in [0.29, 0.717) is 0 Å². The molecule has 5 nitrogen and oxygen atoms in total. The first-order chi connectivity index (χ1) is 11.2. The number of hydrogen-bond donors (Lipinski definition) is 0. The molecule has 3 rings (SSSR count). The maximum atomic E-state index is 5.59. The summed E-state index contributed by atoms with van der Waals surface area (Å²) in [5, 5.41) is 0. The van der Waals surface area contributed by atoms with E-state index in [1.165, 1.54) is 11.1 Å². The second kappa shape index (κ2) is 7.32. The van der Waals surface area contributed by atoms with E-state index in [0.717, 1.165) is 63.9 Å². The van der Waals surface area contributed by atoms with Crippen LogP contribution in [0.2, 0.25) is 0 Å². The fraction of sp³-hybridized carbons (Fsp3) is 0.611. The summed E-state index contributed by atoms with van der Waals surface area (Å²) in [5.74, 6) is 1.10. The minimum atomic E-state index is 0.734. The van der Waals surface area contributed by atoms with Crippen LogP contribution in [0.3, 0.4) is 0 Å². The van der Waals surface area contributed by atoms with Gasteiger partial charge in [-0.2, -0.15) is 0 Å². The van der Waals surface area contributed by atoms with E-state index in [2.05, 4.69) is 46.4 Å². The number of nitrogens with zero attached hydrogens (tertiary/aromatic N) is 4. The molecule has 1 saturated heterocycles. The average molecular weight is 316 g/mol. The van der Waals surface area contributed by atoms with Crippen molar-refractivity contribution in [1.82, 2.24) is 14.5 Å². The highest BCUT2D eigenvalue weighted by molar-refractivity contribution is 5.82. The van der Waals surface area contributed by atoms with Gasteiger partial charge in [-0.15, -0.1) is 0 Å². The highest BCUT2D eigenvalue weighted by atomic mass is 16.5. The third kappa shape index (κ3) is 3.35. The van der Waals surface area contributed by atoms with E-state index >= 15 is 0 Å². The molecule has 1 aromatic carbocycles. The Morgan fingerprint density at radius 1 is 1.13 bits per heavy atom. The fourth-order valence-corrected chi connectivity index (χ4v) is 3.30. The van der Waals surface area contributed by atoms with Gasteiger partial charge in [0, 0.05) is 39.3 Å². The Labute approximate surface area is 138 Å². The van der Waals surface area contributed by atoms with E-state index in [9.17, 15) is 0 Å². The van der Waals surface area contributed by atoms with Crippen molar-refractivity contribution in [2.75, 3.05) is 50.8 Å². The van der Waals surface area contributed by atoms with Crippen LogP contribution in [-0.2, 0) is 11.3 Å². The molecule has 23 heavy (non-hydrogen) atoms. The van der Waals surface area contributed by atoms with E-state index in [1.54, 1.807) is 0 Å². The summed E-state index contributed by atoms with van der Waals surface area (Å²) in [4.78, 5) is 9.90. The third-order valence-corrected chi connectivity index (χ3v) is 4.73. The zero-order valence-corrected chi connectivity index (χ0v) is 14.6. The Morgan fingerprint density at radius 3 is 2.61 bits per heavy atom. The smallest absolute Gasteiger partial charge is 0.206 e. The Morgan fingerprint density at radius 2 is 1.91 bits per heavy atom. The van der Waals surface area contributed by atoms with Gasteiger partial charge in [0.1, 0.15) is 0 Å². The van der Waals surface area contributed by atoms with Crippen LogP contribution in [0.1, 0.15) is 19.4 Å². The minimum absolute atomic E-state index is 0.734. The number of rotatable bonds is 6. The molecule has 0 bridgehead atoms. The molecule has 0 saturated carbocycles. The largest absolute Gasteiger partial charge is 0.380 e. The molecule has 0 unspecified atom stereocenters. The topological polar surface area (TPSA) is 33.5 Å². The van der Waals surface area contributed by atoms with Gasteiger partial charge in [-0.1, -0.05) is 19.1 Å². The first-order valence-corrected chi connectivity index (χ1v) is 8.75. The summed E-state index contributed by atoms with van der Waals surface area (Å²) in [6.45, 7) is 14.2. The van der Waals surface area contributed by atoms with Crippen molar-refractivity contribution in [3.63, 3.8) is 0 Å². The normalized spacial score (nSPS) is 16.4. The lowest BCUT2D eigenvalue weighted by atomic mass is 10.2. The van der Waals surface area contributed by atoms with Crippen molar-refractivity contribution in [3.05, 3.63) is 23.8 Å². The highest BCUT2D eigenvalue weighted by Crippen LogP contribution is 2.25. The Bertz CT molecular complexity index is 644. The molecule has 0 radical (unpaired) electrons. The first kappa shape index (κ1) is 16.3. The van der Waals surface area contributed by atoms with Gasteiger partial charge in [-0.3, -0.25) is 0 Å². The SMILES string of the molecule is CCOCCn1c(N2CCN(CC)CC2)nc2c(C)cccc21. The molecular formula is C18H28N4O. The zero-order valence-electron chi connectivity index (χ0n) is 14.6. The average Bonchev–Trinajstić information content (AvgIpc) is 2.95. The maximum Gasteiger partial charge on any atom is 0.206 e. The predicted octanol–water partition coefficient (Wildman–Crippen LogP) is 2.52. The Hall–Kier alpha value is -1.59. The van der Waals surface area contributed by atoms with E-state index < -0.39 is 0 Å². The Kier molecular flexibility index (Phi) is 5.18. The number of para-hydroxylation sites is 1.